The Labute approximate surface area is 91.9 Å². The van der Waals surface area contributed by atoms with Gasteiger partial charge in [0.2, 0.25) is 0 Å². The van der Waals surface area contributed by atoms with Gasteiger partial charge in [-0.1, -0.05) is 13.0 Å². The van der Waals surface area contributed by atoms with Crippen molar-refractivity contribution in [1.82, 2.24) is 4.98 Å². The van der Waals surface area contributed by atoms with Crippen molar-refractivity contribution in [2.24, 2.45) is 0 Å². The van der Waals surface area contributed by atoms with E-state index in [2.05, 4.69) is 31.1 Å². The van der Waals surface area contributed by atoms with Gasteiger partial charge in [-0.25, -0.2) is 4.98 Å². The average Bonchev–Trinajstić information content (AvgIpc) is 2.27. The van der Waals surface area contributed by atoms with E-state index in [1.165, 1.54) is 0 Å². The summed E-state index contributed by atoms with van der Waals surface area (Å²) in [5.74, 6) is 0.880. The van der Waals surface area contributed by atoms with Crippen LogP contribution >= 0.6 is 0 Å². The van der Waals surface area contributed by atoms with Gasteiger partial charge in [0.15, 0.2) is 0 Å². The minimum Gasteiger partial charge on any atom is -0.373 e. The van der Waals surface area contributed by atoms with E-state index in [4.69, 9.17) is 4.74 Å². The van der Waals surface area contributed by atoms with E-state index < -0.39 is 0 Å². The van der Waals surface area contributed by atoms with E-state index in [0.29, 0.717) is 6.61 Å². The molecule has 1 aromatic rings. The van der Waals surface area contributed by atoms with Gasteiger partial charge in [0, 0.05) is 7.05 Å². The highest BCUT2D eigenvalue weighted by molar-refractivity contribution is 5.34. The fraction of sp³-hybridized carbons (Fsp3) is 0.583. The van der Waals surface area contributed by atoms with Crippen LogP contribution in [0.3, 0.4) is 0 Å². The first-order valence-electron chi connectivity index (χ1n) is 5.35. The van der Waals surface area contributed by atoms with Crippen LogP contribution in [0, 0.1) is 0 Å². The first-order chi connectivity index (χ1) is 7.07. The number of ether oxygens (including phenoxy) is 1. The first kappa shape index (κ1) is 12.0. The molecule has 0 aliphatic carbocycles. The highest BCUT2D eigenvalue weighted by Gasteiger charge is 2.15. The Morgan fingerprint density at radius 3 is 2.73 bits per heavy atom. The Hall–Kier alpha value is -1.09. The lowest BCUT2D eigenvalue weighted by molar-refractivity contribution is -0.0329. The molecule has 1 aromatic heterocycles. The lowest BCUT2D eigenvalue weighted by Crippen LogP contribution is -2.22. The van der Waals surface area contributed by atoms with Crippen molar-refractivity contribution in [3.63, 3.8) is 0 Å². The fourth-order valence-corrected chi connectivity index (χ4v) is 1.07. The monoisotopic (exact) mass is 208 g/mol. The summed E-state index contributed by atoms with van der Waals surface area (Å²) in [6.07, 6.45) is 0.999. The maximum Gasteiger partial charge on any atom is 0.126 e. The van der Waals surface area contributed by atoms with Crippen molar-refractivity contribution in [3.8, 4) is 0 Å². The van der Waals surface area contributed by atoms with E-state index in [1.807, 2.05) is 25.2 Å². The second kappa shape index (κ2) is 5.12. The number of anilines is 1. The molecule has 0 aromatic carbocycles. The minimum atomic E-state index is -0.0721. The van der Waals surface area contributed by atoms with Crippen LogP contribution in [-0.4, -0.2) is 17.6 Å². The second-order valence-corrected chi connectivity index (χ2v) is 4.17. The zero-order valence-corrected chi connectivity index (χ0v) is 10.0. The number of nitrogens with one attached hydrogen (secondary N) is 1. The number of pyridine rings is 1. The molecule has 0 saturated heterocycles. The summed E-state index contributed by atoms with van der Waals surface area (Å²) in [6, 6.07) is 5.90. The SMILES string of the molecule is CCC(C)(C)OCc1cccc(NC)n1. The second-order valence-electron chi connectivity index (χ2n) is 4.17. The molecule has 0 radical (unpaired) electrons. The number of hydrogen-bond acceptors (Lipinski definition) is 3. The lowest BCUT2D eigenvalue weighted by Gasteiger charge is -2.23. The predicted octanol–water partition coefficient (Wildman–Crippen LogP) is 2.83. The van der Waals surface area contributed by atoms with Gasteiger partial charge in [-0.15, -0.1) is 0 Å². The minimum absolute atomic E-state index is 0.0721. The van der Waals surface area contributed by atoms with Gasteiger partial charge in [-0.3, -0.25) is 0 Å². The van der Waals surface area contributed by atoms with Crippen LogP contribution in [0.2, 0.25) is 0 Å². The van der Waals surface area contributed by atoms with Gasteiger partial charge >= 0.3 is 0 Å². The van der Waals surface area contributed by atoms with Gasteiger partial charge in [0.05, 0.1) is 17.9 Å². The van der Waals surface area contributed by atoms with Crippen LogP contribution in [0.25, 0.3) is 0 Å². The van der Waals surface area contributed by atoms with Crippen LogP contribution in [0.1, 0.15) is 32.9 Å². The summed E-state index contributed by atoms with van der Waals surface area (Å²) in [4.78, 5) is 4.39. The highest BCUT2D eigenvalue weighted by Crippen LogP contribution is 2.16. The van der Waals surface area contributed by atoms with E-state index in [0.717, 1.165) is 17.9 Å². The standard InChI is InChI=1S/C12H20N2O/c1-5-12(2,3)15-9-10-7-6-8-11(13-4)14-10/h6-8H,5,9H2,1-4H3,(H,13,14). The molecular weight excluding hydrogens is 188 g/mol. The molecule has 0 amide bonds. The highest BCUT2D eigenvalue weighted by atomic mass is 16.5. The van der Waals surface area contributed by atoms with Crippen molar-refractivity contribution in [2.75, 3.05) is 12.4 Å². The molecule has 0 bridgehead atoms. The largest absolute Gasteiger partial charge is 0.373 e. The van der Waals surface area contributed by atoms with Crippen LogP contribution in [0.4, 0.5) is 5.82 Å². The third-order valence-corrected chi connectivity index (χ3v) is 2.53. The van der Waals surface area contributed by atoms with Crippen molar-refractivity contribution in [3.05, 3.63) is 23.9 Å². The predicted molar refractivity (Wildman–Crippen MR) is 62.9 cm³/mol. The summed E-state index contributed by atoms with van der Waals surface area (Å²) in [5, 5.41) is 3.01. The molecule has 0 spiro atoms. The molecule has 1 rings (SSSR count). The molecule has 0 fully saturated rings. The molecule has 15 heavy (non-hydrogen) atoms. The summed E-state index contributed by atoms with van der Waals surface area (Å²) in [6.45, 7) is 6.87. The summed E-state index contributed by atoms with van der Waals surface area (Å²) in [7, 11) is 1.86. The van der Waals surface area contributed by atoms with Crippen molar-refractivity contribution in [1.29, 1.82) is 0 Å². The number of rotatable bonds is 5. The summed E-state index contributed by atoms with van der Waals surface area (Å²) in [5.41, 5.74) is 0.889. The quantitative estimate of drug-likeness (QED) is 0.808. The van der Waals surface area contributed by atoms with Crippen molar-refractivity contribution >= 4 is 5.82 Å². The molecule has 1 N–H and O–H groups in total. The number of aromatic nitrogens is 1. The van der Waals surface area contributed by atoms with Crippen LogP contribution < -0.4 is 5.32 Å². The molecule has 3 heteroatoms. The van der Waals surface area contributed by atoms with Crippen molar-refractivity contribution < 1.29 is 4.74 Å². The molecule has 3 nitrogen and oxygen atoms in total. The van der Waals surface area contributed by atoms with E-state index in [9.17, 15) is 0 Å². The summed E-state index contributed by atoms with van der Waals surface area (Å²) >= 11 is 0. The zero-order chi connectivity index (χ0) is 11.3. The smallest absolute Gasteiger partial charge is 0.126 e. The molecule has 0 aliphatic heterocycles. The van der Waals surface area contributed by atoms with Gasteiger partial charge < -0.3 is 10.1 Å². The normalized spacial score (nSPS) is 11.5. The van der Waals surface area contributed by atoms with Crippen LogP contribution in [0.5, 0.6) is 0 Å². The van der Waals surface area contributed by atoms with E-state index in [1.54, 1.807) is 0 Å². The van der Waals surface area contributed by atoms with Gasteiger partial charge in [0.25, 0.3) is 0 Å². The van der Waals surface area contributed by atoms with Crippen LogP contribution in [0.15, 0.2) is 18.2 Å². The van der Waals surface area contributed by atoms with E-state index in [-0.39, 0.29) is 5.60 Å². The van der Waals surface area contributed by atoms with Crippen molar-refractivity contribution in [2.45, 2.75) is 39.4 Å². The zero-order valence-electron chi connectivity index (χ0n) is 10.0. The molecule has 0 unspecified atom stereocenters. The molecule has 0 atom stereocenters. The molecular formula is C12H20N2O. The average molecular weight is 208 g/mol. The van der Waals surface area contributed by atoms with E-state index >= 15 is 0 Å². The molecule has 0 saturated carbocycles. The Morgan fingerprint density at radius 2 is 2.13 bits per heavy atom. The summed E-state index contributed by atoms with van der Waals surface area (Å²) < 4.78 is 5.77. The molecule has 1 heterocycles. The first-order valence-corrected chi connectivity index (χ1v) is 5.35. The van der Waals surface area contributed by atoms with Crippen LogP contribution in [-0.2, 0) is 11.3 Å². The van der Waals surface area contributed by atoms with Gasteiger partial charge in [0.1, 0.15) is 5.82 Å². The molecule has 0 aliphatic rings. The lowest BCUT2D eigenvalue weighted by atomic mass is 10.1. The van der Waals surface area contributed by atoms with Gasteiger partial charge in [-0.05, 0) is 32.4 Å². The number of hydrogen-bond donors (Lipinski definition) is 1. The maximum absolute atomic E-state index is 5.77. The fourth-order valence-electron chi connectivity index (χ4n) is 1.07. The third-order valence-electron chi connectivity index (χ3n) is 2.53. The topological polar surface area (TPSA) is 34.1 Å². The van der Waals surface area contributed by atoms with Gasteiger partial charge in [-0.2, -0.15) is 0 Å². The Kier molecular flexibility index (Phi) is 4.09. The Balaban J connectivity index is 2.57. The number of nitrogens with zero attached hydrogens (tertiary/aromatic N) is 1. The molecule has 84 valence electrons. The Bertz CT molecular complexity index is 310. The maximum atomic E-state index is 5.77. The Morgan fingerprint density at radius 1 is 1.40 bits per heavy atom. The third kappa shape index (κ3) is 3.88.